The van der Waals surface area contributed by atoms with Gasteiger partial charge in [-0.3, -0.25) is 19.5 Å². The van der Waals surface area contributed by atoms with Crippen molar-refractivity contribution < 1.29 is 33.3 Å². The molecule has 2 aliphatic heterocycles. The van der Waals surface area contributed by atoms with Crippen molar-refractivity contribution in [3.63, 3.8) is 0 Å². The monoisotopic (exact) mass is 798 g/mol. The summed E-state index contributed by atoms with van der Waals surface area (Å²) in [5.41, 5.74) is 6.94. The topological polar surface area (TPSA) is 126 Å². The molecule has 1 saturated heterocycles. The van der Waals surface area contributed by atoms with Gasteiger partial charge in [0.1, 0.15) is 29.9 Å². The molecule has 2 aromatic heterocycles. The number of aromatic nitrogens is 3. The van der Waals surface area contributed by atoms with Gasteiger partial charge in [0, 0.05) is 16.3 Å². The van der Waals surface area contributed by atoms with Gasteiger partial charge < -0.3 is 28.7 Å². The molecule has 6 aromatic carbocycles. The number of H-pyrrole nitrogens is 1. The van der Waals surface area contributed by atoms with Crippen molar-refractivity contribution in [3.8, 4) is 0 Å². The van der Waals surface area contributed by atoms with E-state index in [0.29, 0.717) is 40.7 Å². The highest BCUT2D eigenvalue weighted by Crippen LogP contribution is 2.43. The predicted molar refractivity (Wildman–Crippen MR) is 226 cm³/mol. The zero-order valence-corrected chi connectivity index (χ0v) is 32.6. The standard InChI is InChI=1S/C49H42N4O7/c54-47-39-38-35-23-13-14-24-36(35)51-42(38)43-41(40(39)48(55)52-47)50-30-53(43)49-46(59-28-34-21-11-4-12-22-34)45(58-27-33-19-9-3-10-20-33)44(57-26-32-17-7-2-8-18-32)37(60-49)29-56-25-31-15-5-1-6-16-31/h1-24,30,37,44-46,49,51H,25-29H2,(H,52,54,55). The molecule has 1 fully saturated rings. The Balaban J connectivity index is 1.13. The maximum absolute atomic E-state index is 13.6. The average Bonchev–Trinajstić information content (AvgIpc) is 3.98. The van der Waals surface area contributed by atoms with E-state index in [0.717, 1.165) is 33.2 Å². The van der Waals surface area contributed by atoms with Crippen LogP contribution in [-0.4, -0.2) is 57.4 Å². The van der Waals surface area contributed by atoms with Crippen molar-refractivity contribution >= 4 is 44.7 Å². The van der Waals surface area contributed by atoms with Crippen molar-refractivity contribution in [3.05, 3.63) is 185 Å². The molecule has 5 unspecified atom stereocenters. The number of rotatable bonds is 14. The fraction of sp³-hybridized carbons (Fsp3) is 0.204. The van der Waals surface area contributed by atoms with Gasteiger partial charge in [-0.05, 0) is 28.3 Å². The first kappa shape index (κ1) is 37.8. The number of hydrogen-bond donors (Lipinski definition) is 2. The van der Waals surface area contributed by atoms with Crippen LogP contribution in [0.2, 0.25) is 0 Å². The van der Waals surface area contributed by atoms with E-state index >= 15 is 0 Å². The van der Waals surface area contributed by atoms with Gasteiger partial charge in [-0.2, -0.15) is 0 Å². The minimum atomic E-state index is -0.866. The number of fused-ring (bicyclic) bond motifs is 8. The quantitative estimate of drug-likeness (QED) is 0.105. The minimum absolute atomic E-state index is 0.169. The Labute approximate surface area is 345 Å². The summed E-state index contributed by atoms with van der Waals surface area (Å²) in [5.74, 6) is -0.952. The third-order valence-corrected chi connectivity index (χ3v) is 11.3. The average molecular weight is 799 g/mol. The Kier molecular flexibility index (Phi) is 10.5. The maximum Gasteiger partial charge on any atom is 0.261 e. The summed E-state index contributed by atoms with van der Waals surface area (Å²) in [6.07, 6.45) is -1.99. The predicted octanol–water partition coefficient (Wildman–Crippen LogP) is 8.42. The molecular formula is C49H42N4O7. The molecular weight excluding hydrogens is 757 g/mol. The number of ether oxygens (including phenoxy) is 5. The number of imidazole rings is 1. The van der Waals surface area contributed by atoms with E-state index in [-0.39, 0.29) is 25.4 Å². The van der Waals surface area contributed by atoms with E-state index < -0.39 is 42.5 Å². The number of amides is 2. The minimum Gasteiger partial charge on any atom is -0.374 e. The SMILES string of the molecule is O=C1NC(=O)c2c1c1ncn(C3OC(COCc4ccccc4)C(OCc4ccccc4)C(OCc4ccccc4)C3OCc3ccccc3)c1c1[nH]c3ccccc3c21. The Morgan fingerprint density at radius 1 is 0.583 bits per heavy atom. The third kappa shape index (κ3) is 7.27. The number of nitrogens with one attached hydrogen (secondary N) is 2. The first-order valence-corrected chi connectivity index (χ1v) is 20.1. The lowest BCUT2D eigenvalue weighted by atomic mass is 9.96. The fourth-order valence-electron chi connectivity index (χ4n) is 8.47. The highest BCUT2D eigenvalue weighted by molar-refractivity contribution is 6.35. The van der Waals surface area contributed by atoms with Crippen LogP contribution < -0.4 is 5.32 Å². The van der Waals surface area contributed by atoms with Crippen LogP contribution in [0.4, 0.5) is 0 Å². The molecule has 2 N–H and O–H groups in total. The third-order valence-electron chi connectivity index (χ3n) is 11.3. The first-order valence-electron chi connectivity index (χ1n) is 20.1. The van der Waals surface area contributed by atoms with Gasteiger partial charge in [-0.25, -0.2) is 4.98 Å². The van der Waals surface area contributed by atoms with Crippen LogP contribution >= 0.6 is 0 Å². The number of benzene rings is 6. The van der Waals surface area contributed by atoms with Crippen molar-refractivity contribution in [2.45, 2.75) is 57.1 Å². The molecule has 4 heterocycles. The highest BCUT2D eigenvalue weighted by Gasteiger charge is 2.50. The van der Waals surface area contributed by atoms with E-state index in [1.807, 2.05) is 150 Å². The van der Waals surface area contributed by atoms with Gasteiger partial charge in [-0.15, -0.1) is 0 Å². The van der Waals surface area contributed by atoms with Crippen LogP contribution in [0.3, 0.4) is 0 Å². The van der Waals surface area contributed by atoms with Crippen LogP contribution in [0.25, 0.3) is 32.8 Å². The normalized spacial score (nSPS) is 20.2. The number of imide groups is 1. The fourth-order valence-corrected chi connectivity index (χ4v) is 8.47. The molecule has 11 nitrogen and oxygen atoms in total. The van der Waals surface area contributed by atoms with Crippen molar-refractivity contribution in [2.24, 2.45) is 0 Å². The second-order valence-electron chi connectivity index (χ2n) is 15.2. The second kappa shape index (κ2) is 16.6. The summed E-state index contributed by atoms with van der Waals surface area (Å²) in [7, 11) is 0. The zero-order valence-electron chi connectivity index (χ0n) is 32.6. The van der Waals surface area contributed by atoms with E-state index in [9.17, 15) is 9.59 Å². The summed E-state index contributed by atoms with van der Waals surface area (Å²) in [6, 6.07) is 47.7. The van der Waals surface area contributed by atoms with Gasteiger partial charge in [0.05, 0.1) is 61.5 Å². The maximum atomic E-state index is 13.6. The molecule has 0 bridgehead atoms. The summed E-state index contributed by atoms with van der Waals surface area (Å²) < 4.78 is 36.5. The number of carbonyl (C=O) groups excluding carboxylic acids is 2. The molecule has 8 aromatic rings. The summed E-state index contributed by atoms with van der Waals surface area (Å²) in [5, 5.41) is 3.98. The Morgan fingerprint density at radius 2 is 1.10 bits per heavy atom. The van der Waals surface area contributed by atoms with Gasteiger partial charge in [-0.1, -0.05) is 140 Å². The highest BCUT2D eigenvalue weighted by atomic mass is 16.6. The molecule has 60 heavy (non-hydrogen) atoms. The van der Waals surface area contributed by atoms with Crippen molar-refractivity contribution in [1.29, 1.82) is 0 Å². The second-order valence-corrected chi connectivity index (χ2v) is 15.2. The first-order chi connectivity index (χ1) is 29.6. The molecule has 2 aliphatic rings. The Hall–Kier alpha value is -6.47. The van der Waals surface area contributed by atoms with Crippen molar-refractivity contribution in [1.82, 2.24) is 19.9 Å². The largest absolute Gasteiger partial charge is 0.374 e. The van der Waals surface area contributed by atoms with Crippen molar-refractivity contribution in [2.75, 3.05) is 6.61 Å². The number of para-hydroxylation sites is 1. The van der Waals surface area contributed by atoms with Gasteiger partial charge in [0.15, 0.2) is 6.23 Å². The Morgan fingerprint density at radius 3 is 1.72 bits per heavy atom. The van der Waals surface area contributed by atoms with Crippen LogP contribution in [-0.2, 0) is 50.1 Å². The molecule has 0 radical (unpaired) electrons. The van der Waals surface area contributed by atoms with E-state index in [4.69, 9.17) is 28.7 Å². The molecule has 11 heteroatoms. The molecule has 300 valence electrons. The molecule has 5 atom stereocenters. The molecule has 0 spiro atoms. The smallest absolute Gasteiger partial charge is 0.261 e. The van der Waals surface area contributed by atoms with E-state index in [1.165, 1.54) is 0 Å². The zero-order chi connectivity index (χ0) is 40.4. The summed E-state index contributed by atoms with van der Waals surface area (Å²) in [4.78, 5) is 35.5. The Bertz CT molecular complexity index is 2780. The molecule has 10 rings (SSSR count). The van der Waals surface area contributed by atoms with Gasteiger partial charge >= 0.3 is 0 Å². The van der Waals surface area contributed by atoms with Crippen LogP contribution in [0, 0.1) is 0 Å². The lowest BCUT2D eigenvalue weighted by molar-refractivity contribution is -0.289. The van der Waals surface area contributed by atoms with Crippen LogP contribution in [0.1, 0.15) is 49.2 Å². The molecule has 2 amide bonds. The molecule has 0 saturated carbocycles. The lowest BCUT2D eigenvalue weighted by Crippen LogP contribution is -2.59. The number of hydrogen-bond acceptors (Lipinski definition) is 8. The van der Waals surface area contributed by atoms with Gasteiger partial charge in [0.2, 0.25) is 0 Å². The summed E-state index contributed by atoms with van der Waals surface area (Å²) >= 11 is 0. The number of aromatic amines is 1. The number of nitrogens with zero attached hydrogens (tertiary/aromatic N) is 2. The summed E-state index contributed by atoms with van der Waals surface area (Å²) in [6.45, 7) is 1.35. The van der Waals surface area contributed by atoms with Crippen LogP contribution in [0.5, 0.6) is 0 Å². The lowest BCUT2D eigenvalue weighted by Gasteiger charge is -2.46. The van der Waals surface area contributed by atoms with E-state index in [2.05, 4.69) is 10.3 Å². The van der Waals surface area contributed by atoms with Crippen LogP contribution in [0.15, 0.2) is 152 Å². The molecule has 0 aliphatic carbocycles. The van der Waals surface area contributed by atoms with E-state index in [1.54, 1.807) is 6.33 Å². The van der Waals surface area contributed by atoms with Gasteiger partial charge in [0.25, 0.3) is 11.8 Å². The number of carbonyl (C=O) groups is 2.